The second kappa shape index (κ2) is 7.10. The van der Waals surface area contributed by atoms with E-state index < -0.39 is 0 Å². The second-order valence-electron chi connectivity index (χ2n) is 5.63. The third-order valence-electron chi connectivity index (χ3n) is 4.11. The molecule has 4 heteroatoms. The van der Waals surface area contributed by atoms with Gasteiger partial charge in [-0.15, -0.1) is 0 Å². The highest BCUT2D eigenvalue weighted by Gasteiger charge is 2.20. The summed E-state index contributed by atoms with van der Waals surface area (Å²) < 4.78 is 5.25. The van der Waals surface area contributed by atoms with Crippen LogP contribution in [-0.2, 0) is 9.53 Å². The Labute approximate surface area is 110 Å². The molecule has 1 atom stereocenters. The maximum absolute atomic E-state index is 11.9. The number of morpholine rings is 1. The predicted octanol–water partition coefficient (Wildman–Crippen LogP) is 1.40. The molecule has 2 aliphatic rings. The van der Waals surface area contributed by atoms with Gasteiger partial charge in [-0.3, -0.25) is 4.79 Å². The van der Waals surface area contributed by atoms with Gasteiger partial charge in [-0.2, -0.15) is 0 Å². The van der Waals surface area contributed by atoms with E-state index in [1.54, 1.807) is 0 Å². The third kappa shape index (κ3) is 4.25. The van der Waals surface area contributed by atoms with Crippen molar-refractivity contribution in [1.29, 1.82) is 0 Å². The fourth-order valence-electron chi connectivity index (χ4n) is 2.71. The number of carbonyl (C=O) groups excluding carboxylic acids is 1. The van der Waals surface area contributed by atoms with Crippen LogP contribution < -0.4 is 5.32 Å². The van der Waals surface area contributed by atoms with E-state index >= 15 is 0 Å². The summed E-state index contributed by atoms with van der Waals surface area (Å²) in [4.78, 5) is 13.8. The molecule has 0 aromatic heterocycles. The highest BCUT2D eigenvalue weighted by atomic mass is 16.5. The van der Waals surface area contributed by atoms with Gasteiger partial charge in [0, 0.05) is 32.1 Å². The molecule has 0 bridgehead atoms. The van der Waals surface area contributed by atoms with Gasteiger partial charge in [0.1, 0.15) is 0 Å². The van der Waals surface area contributed by atoms with Crippen LogP contribution in [0, 0.1) is 5.92 Å². The van der Waals surface area contributed by atoms with Crippen LogP contribution in [0.2, 0.25) is 0 Å². The van der Waals surface area contributed by atoms with Crippen LogP contribution >= 0.6 is 0 Å². The smallest absolute Gasteiger partial charge is 0.224 e. The molecule has 2 rings (SSSR count). The molecule has 0 spiro atoms. The molecule has 1 aliphatic heterocycles. The van der Waals surface area contributed by atoms with Gasteiger partial charge in [-0.1, -0.05) is 19.3 Å². The SMILES string of the molecule is CC(CC1CCC1)NCCC(=O)N1CCOCC1. The average molecular weight is 254 g/mol. The minimum absolute atomic E-state index is 0.265. The summed E-state index contributed by atoms with van der Waals surface area (Å²) in [6, 6.07) is 0.549. The number of ether oxygens (including phenoxy) is 1. The lowest BCUT2D eigenvalue weighted by Crippen LogP contribution is -2.42. The Morgan fingerprint density at radius 3 is 2.72 bits per heavy atom. The molecule has 2 fully saturated rings. The summed E-state index contributed by atoms with van der Waals surface area (Å²) in [6.45, 7) is 5.95. The highest BCUT2D eigenvalue weighted by Crippen LogP contribution is 2.30. The molecular weight excluding hydrogens is 228 g/mol. The number of nitrogens with one attached hydrogen (secondary N) is 1. The van der Waals surface area contributed by atoms with E-state index in [1.807, 2.05) is 4.90 Å². The van der Waals surface area contributed by atoms with E-state index in [4.69, 9.17) is 4.74 Å². The molecule has 0 aromatic rings. The monoisotopic (exact) mass is 254 g/mol. The van der Waals surface area contributed by atoms with Crippen LogP contribution in [0.1, 0.15) is 39.0 Å². The lowest BCUT2D eigenvalue weighted by atomic mass is 9.81. The van der Waals surface area contributed by atoms with Gasteiger partial charge >= 0.3 is 0 Å². The number of rotatable bonds is 6. The molecular formula is C14H26N2O2. The first kappa shape index (κ1) is 13.8. The van der Waals surface area contributed by atoms with E-state index in [9.17, 15) is 4.79 Å². The fourth-order valence-corrected chi connectivity index (χ4v) is 2.71. The first-order valence-corrected chi connectivity index (χ1v) is 7.34. The van der Waals surface area contributed by atoms with Crippen molar-refractivity contribution < 1.29 is 9.53 Å². The highest BCUT2D eigenvalue weighted by molar-refractivity contribution is 5.76. The quantitative estimate of drug-likeness (QED) is 0.779. The van der Waals surface area contributed by atoms with Crippen molar-refractivity contribution in [3.8, 4) is 0 Å². The van der Waals surface area contributed by atoms with Crippen molar-refractivity contribution in [2.24, 2.45) is 5.92 Å². The lowest BCUT2D eigenvalue weighted by molar-refractivity contribution is -0.135. The standard InChI is InChI=1S/C14H26N2O2/c1-12(11-13-3-2-4-13)15-6-5-14(17)16-7-9-18-10-8-16/h12-13,15H,2-11H2,1H3. The number of nitrogens with zero attached hydrogens (tertiary/aromatic N) is 1. The first-order valence-electron chi connectivity index (χ1n) is 7.34. The van der Waals surface area contributed by atoms with Crippen molar-refractivity contribution in [1.82, 2.24) is 10.2 Å². The van der Waals surface area contributed by atoms with Crippen LogP contribution in [-0.4, -0.2) is 49.7 Å². The number of hydrogen-bond donors (Lipinski definition) is 1. The van der Waals surface area contributed by atoms with Gasteiger partial charge in [0.25, 0.3) is 0 Å². The van der Waals surface area contributed by atoms with Crippen LogP contribution in [0.25, 0.3) is 0 Å². The normalized spacial score (nSPS) is 22.6. The Balaban J connectivity index is 1.54. The Morgan fingerprint density at radius 1 is 1.39 bits per heavy atom. The van der Waals surface area contributed by atoms with E-state index in [0.717, 1.165) is 25.6 Å². The molecule has 1 N–H and O–H groups in total. The Morgan fingerprint density at radius 2 is 2.11 bits per heavy atom. The first-order chi connectivity index (χ1) is 8.75. The summed E-state index contributed by atoms with van der Waals surface area (Å²) >= 11 is 0. The van der Waals surface area contributed by atoms with Crippen molar-refractivity contribution >= 4 is 5.91 Å². The molecule has 1 unspecified atom stereocenters. The van der Waals surface area contributed by atoms with E-state index in [2.05, 4.69) is 12.2 Å². The van der Waals surface area contributed by atoms with Crippen LogP contribution in [0.15, 0.2) is 0 Å². The van der Waals surface area contributed by atoms with Crippen molar-refractivity contribution in [2.75, 3.05) is 32.8 Å². The minimum atomic E-state index is 0.265. The van der Waals surface area contributed by atoms with Gasteiger partial charge < -0.3 is 15.0 Å². The molecule has 4 nitrogen and oxygen atoms in total. The number of amides is 1. The summed E-state index contributed by atoms with van der Waals surface area (Å²) in [7, 11) is 0. The Hall–Kier alpha value is -0.610. The lowest BCUT2D eigenvalue weighted by Gasteiger charge is -2.29. The molecule has 1 aliphatic carbocycles. The summed E-state index contributed by atoms with van der Waals surface area (Å²) in [6.07, 6.45) is 6.10. The predicted molar refractivity (Wildman–Crippen MR) is 71.4 cm³/mol. The second-order valence-corrected chi connectivity index (χ2v) is 5.63. The fraction of sp³-hybridized carbons (Fsp3) is 0.929. The third-order valence-corrected chi connectivity index (χ3v) is 4.11. The average Bonchev–Trinajstić information content (AvgIpc) is 2.35. The van der Waals surface area contributed by atoms with Gasteiger partial charge in [-0.05, 0) is 19.3 Å². The van der Waals surface area contributed by atoms with Crippen LogP contribution in [0.4, 0.5) is 0 Å². The van der Waals surface area contributed by atoms with Crippen LogP contribution in [0.3, 0.4) is 0 Å². The van der Waals surface area contributed by atoms with E-state index in [-0.39, 0.29) is 5.91 Å². The zero-order valence-electron chi connectivity index (χ0n) is 11.5. The maximum Gasteiger partial charge on any atom is 0.224 e. The molecule has 1 saturated carbocycles. The molecule has 1 saturated heterocycles. The molecule has 1 heterocycles. The molecule has 104 valence electrons. The topological polar surface area (TPSA) is 41.6 Å². The summed E-state index contributed by atoms with van der Waals surface area (Å²) in [5, 5.41) is 3.47. The maximum atomic E-state index is 11.9. The Bertz CT molecular complexity index is 261. The van der Waals surface area contributed by atoms with Crippen LogP contribution in [0.5, 0.6) is 0 Å². The summed E-state index contributed by atoms with van der Waals surface area (Å²) in [5.74, 6) is 1.20. The van der Waals surface area contributed by atoms with Crippen molar-refractivity contribution in [3.05, 3.63) is 0 Å². The molecule has 0 aromatic carbocycles. The minimum Gasteiger partial charge on any atom is -0.378 e. The zero-order valence-corrected chi connectivity index (χ0v) is 11.5. The van der Waals surface area contributed by atoms with E-state index in [0.29, 0.717) is 25.7 Å². The molecule has 18 heavy (non-hydrogen) atoms. The van der Waals surface area contributed by atoms with Gasteiger partial charge in [0.05, 0.1) is 13.2 Å². The molecule has 1 amide bonds. The number of carbonyl (C=O) groups is 1. The number of hydrogen-bond acceptors (Lipinski definition) is 3. The van der Waals surface area contributed by atoms with Gasteiger partial charge in [-0.25, -0.2) is 0 Å². The van der Waals surface area contributed by atoms with E-state index in [1.165, 1.54) is 25.7 Å². The van der Waals surface area contributed by atoms with Crippen molar-refractivity contribution in [2.45, 2.75) is 45.1 Å². The van der Waals surface area contributed by atoms with Gasteiger partial charge in [0.15, 0.2) is 0 Å². The van der Waals surface area contributed by atoms with Gasteiger partial charge in [0.2, 0.25) is 5.91 Å². The Kier molecular flexibility index (Phi) is 5.45. The molecule has 0 radical (unpaired) electrons. The van der Waals surface area contributed by atoms with Crippen molar-refractivity contribution in [3.63, 3.8) is 0 Å². The largest absolute Gasteiger partial charge is 0.378 e. The zero-order chi connectivity index (χ0) is 12.8. The summed E-state index contributed by atoms with van der Waals surface area (Å²) in [5.41, 5.74) is 0.